The van der Waals surface area contributed by atoms with Gasteiger partial charge in [0.05, 0.1) is 0 Å². The zero-order valence-electron chi connectivity index (χ0n) is 36.8. The van der Waals surface area contributed by atoms with Crippen LogP contribution >= 0.6 is 0 Å². The van der Waals surface area contributed by atoms with E-state index in [0.29, 0.717) is 19.3 Å². The number of allylic oxidation sites excluding steroid dienone is 14. The molecule has 0 bridgehead atoms. The number of hydrogen-bond acceptors (Lipinski definition) is 6. The number of rotatable bonds is 40. The van der Waals surface area contributed by atoms with Crippen molar-refractivity contribution in [1.29, 1.82) is 0 Å². The van der Waals surface area contributed by atoms with Crippen molar-refractivity contribution in [3.8, 4) is 0 Å². The highest BCUT2D eigenvalue weighted by atomic mass is 16.6. The summed E-state index contributed by atoms with van der Waals surface area (Å²) in [5, 5.41) is 0. The molecule has 1 atom stereocenters. The lowest BCUT2D eigenvalue weighted by Gasteiger charge is -2.18. The van der Waals surface area contributed by atoms with Crippen LogP contribution in [0.5, 0.6) is 0 Å². The molecule has 0 aliphatic rings. The fraction of sp³-hybridized carbons (Fsp3) is 0.667. The normalized spacial score (nSPS) is 12.8. The Labute approximate surface area is 350 Å². The lowest BCUT2D eigenvalue weighted by molar-refractivity contribution is -0.167. The summed E-state index contributed by atoms with van der Waals surface area (Å²) in [5.74, 6) is -0.956. The standard InChI is InChI=1S/C51H84O6/c1-4-7-10-13-16-18-20-22-23-24-25-26-27-29-30-32-35-38-41-44-50(53)56-47-48(46-55-49(52)43-40-37-34-15-12-9-6-3)57-51(54)45-42-39-36-33-31-28-21-19-17-14-11-8-5-2/h7,10-11,14,16,18-19,21-23,25-26,29-30,48H,4-6,8-9,12-13,15,17,20,24,27-28,31-47H2,1-3H3/b10-7-,14-11-,18-16-,21-19-,23-22-,26-25-,30-29-. The zero-order chi connectivity index (χ0) is 41.5. The summed E-state index contributed by atoms with van der Waals surface area (Å²) in [6.07, 6.45) is 57.2. The molecule has 0 radical (unpaired) electrons. The maximum atomic E-state index is 12.7. The molecule has 0 rings (SSSR count). The lowest BCUT2D eigenvalue weighted by Crippen LogP contribution is -2.30. The molecule has 57 heavy (non-hydrogen) atoms. The van der Waals surface area contributed by atoms with Gasteiger partial charge in [0.15, 0.2) is 6.10 Å². The Bertz CT molecular complexity index is 1140. The number of carbonyl (C=O) groups excluding carboxylic acids is 3. The molecule has 0 amide bonds. The molecule has 0 saturated carbocycles. The zero-order valence-corrected chi connectivity index (χ0v) is 36.8. The van der Waals surface area contributed by atoms with E-state index in [-0.39, 0.29) is 31.1 Å². The van der Waals surface area contributed by atoms with Crippen LogP contribution in [0.4, 0.5) is 0 Å². The monoisotopic (exact) mass is 793 g/mol. The number of hydrogen-bond donors (Lipinski definition) is 0. The fourth-order valence-electron chi connectivity index (χ4n) is 5.92. The van der Waals surface area contributed by atoms with Gasteiger partial charge in [0.1, 0.15) is 13.2 Å². The van der Waals surface area contributed by atoms with Crippen molar-refractivity contribution in [2.75, 3.05) is 13.2 Å². The molecular formula is C51H84O6. The largest absolute Gasteiger partial charge is 0.462 e. The van der Waals surface area contributed by atoms with Gasteiger partial charge in [0, 0.05) is 19.3 Å². The number of carbonyl (C=O) groups is 3. The second-order valence-corrected chi connectivity index (χ2v) is 14.9. The summed E-state index contributed by atoms with van der Waals surface area (Å²) < 4.78 is 16.6. The Morgan fingerprint density at radius 2 is 0.719 bits per heavy atom. The van der Waals surface area contributed by atoms with Gasteiger partial charge in [-0.15, -0.1) is 0 Å². The maximum absolute atomic E-state index is 12.7. The summed E-state index contributed by atoms with van der Waals surface area (Å²) in [6, 6.07) is 0. The first-order valence-electron chi connectivity index (χ1n) is 23.1. The topological polar surface area (TPSA) is 78.9 Å². The van der Waals surface area contributed by atoms with Gasteiger partial charge in [-0.05, 0) is 89.9 Å². The number of esters is 3. The molecule has 0 heterocycles. The van der Waals surface area contributed by atoms with Gasteiger partial charge in [-0.25, -0.2) is 0 Å². The average Bonchev–Trinajstić information content (AvgIpc) is 3.21. The first kappa shape index (κ1) is 53.6. The Kier molecular flexibility index (Phi) is 42.6. The van der Waals surface area contributed by atoms with Crippen LogP contribution in [-0.2, 0) is 28.6 Å². The maximum Gasteiger partial charge on any atom is 0.306 e. The molecule has 6 nitrogen and oxygen atoms in total. The molecule has 0 aliphatic carbocycles. The minimum atomic E-state index is -0.793. The van der Waals surface area contributed by atoms with Crippen molar-refractivity contribution >= 4 is 17.9 Å². The van der Waals surface area contributed by atoms with Crippen LogP contribution in [0, 0.1) is 0 Å². The van der Waals surface area contributed by atoms with Gasteiger partial charge in [-0.2, -0.15) is 0 Å². The Hall–Kier alpha value is -3.41. The van der Waals surface area contributed by atoms with Gasteiger partial charge in [0.25, 0.3) is 0 Å². The Balaban J connectivity index is 4.38. The van der Waals surface area contributed by atoms with Crippen molar-refractivity contribution < 1.29 is 28.6 Å². The molecule has 1 unspecified atom stereocenters. The third-order valence-corrected chi connectivity index (χ3v) is 9.36. The quantitative estimate of drug-likeness (QED) is 0.0266. The second-order valence-electron chi connectivity index (χ2n) is 14.9. The molecular weight excluding hydrogens is 709 g/mol. The molecule has 0 fully saturated rings. The van der Waals surface area contributed by atoms with Crippen LogP contribution in [0.3, 0.4) is 0 Å². The van der Waals surface area contributed by atoms with Crippen molar-refractivity contribution in [2.45, 2.75) is 207 Å². The van der Waals surface area contributed by atoms with E-state index in [1.807, 2.05) is 0 Å². The third-order valence-electron chi connectivity index (χ3n) is 9.36. The van der Waals surface area contributed by atoms with Crippen molar-refractivity contribution in [3.05, 3.63) is 85.1 Å². The highest BCUT2D eigenvalue weighted by Crippen LogP contribution is 2.12. The summed E-state index contributed by atoms with van der Waals surface area (Å²) in [4.78, 5) is 37.6. The molecule has 324 valence electrons. The SMILES string of the molecule is CC/C=C\C/C=C\C/C=C\C/C=C\C/C=C\CCCCCC(=O)OCC(COC(=O)CCCCCCCCC)OC(=O)CCCCCCC/C=C\C/C=C\CCC. The summed E-state index contributed by atoms with van der Waals surface area (Å²) in [6.45, 7) is 6.35. The van der Waals surface area contributed by atoms with E-state index >= 15 is 0 Å². The van der Waals surface area contributed by atoms with E-state index < -0.39 is 6.10 Å². The Morgan fingerprint density at radius 1 is 0.368 bits per heavy atom. The second kappa shape index (κ2) is 45.3. The van der Waals surface area contributed by atoms with Crippen LogP contribution in [0.1, 0.15) is 201 Å². The molecule has 0 saturated heterocycles. The van der Waals surface area contributed by atoms with E-state index in [1.54, 1.807) is 0 Å². The van der Waals surface area contributed by atoms with Crippen LogP contribution in [0.2, 0.25) is 0 Å². The molecule has 0 aromatic heterocycles. The van der Waals surface area contributed by atoms with Gasteiger partial charge in [0.2, 0.25) is 0 Å². The molecule has 6 heteroatoms. The molecule has 0 aromatic carbocycles. The van der Waals surface area contributed by atoms with Crippen LogP contribution < -0.4 is 0 Å². The van der Waals surface area contributed by atoms with Crippen molar-refractivity contribution in [1.82, 2.24) is 0 Å². The van der Waals surface area contributed by atoms with Crippen LogP contribution in [-0.4, -0.2) is 37.2 Å². The smallest absolute Gasteiger partial charge is 0.306 e. The fourth-order valence-corrected chi connectivity index (χ4v) is 5.92. The summed E-state index contributed by atoms with van der Waals surface area (Å²) in [7, 11) is 0. The first-order valence-corrected chi connectivity index (χ1v) is 23.1. The highest BCUT2D eigenvalue weighted by molar-refractivity contribution is 5.71. The van der Waals surface area contributed by atoms with Gasteiger partial charge in [-0.1, -0.05) is 176 Å². The lowest BCUT2D eigenvalue weighted by atomic mass is 10.1. The minimum Gasteiger partial charge on any atom is -0.462 e. The predicted molar refractivity (Wildman–Crippen MR) is 242 cm³/mol. The molecule has 0 N–H and O–H groups in total. The number of unbranched alkanes of at least 4 members (excludes halogenated alkanes) is 15. The van der Waals surface area contributed by atoms with Gasteiger partial charge in [-0.3, -0.25) is 14.4 Å². The van der Waals surface area contributed by atoms with E-state index in [9.17, 15) is 14.4 Å². The van der Waals surface area contributed by atoms with Crippen molar-refractivity contribution in [3.63, 3.8) is 0 Å². The molecule has 0 aromatic rings. The van der Waals surface area contributed by atoms with Gasteiger partial charge >= 0.3 is 17.9 Å². The number of ether oxygens (including phenoxy) is 3. The van der Waals surface area contributed by atoms with Gasteiger partial charge < -0.3 is 14.2 Å². The minimum absolute atomic E-state index is 0.0937. The van der Waals surface area contributed by atoms with Crippen LogP contribution in [0.25, 0.3) is 0 Å². The summed E-state index contributed by atoms with van der Waals surface area (Å²) in [5.41, 5.74) is 0. The third kappa shape index (κ3) is 43.6. The van der Waals surface area contributed by atoms with E-state index in [0.717, 1.165) is 128 Å². The summed E-state index contributed by atoms with van der Waals surface area (Å²) >= 11 is 0. The van der Waals surface area contributed by atoms with E-state index in [1.165, 1.54) is 32.1 Å². The Morgan fingerprint density at radius 3 is 1.16 bits per heavy atom. The predicted octanol–water partition coefficient (Wildman–Crippen LogP) is 14.9. The molecule has 0 aliphatic heterocycles. The first-order chi connectivity index (χ1) is 28.0. The highest BCUT2D eigenvalue weighted by Gasteiger charge is 2.19. The van der Waals surface area contributed by atoms with E-state index in [4.69, 9.17) is 14.2 Å². The molecule has 0 spiro atoms. The van der Waals surface area contributed by atoms with Crippen LogP contribution in [0.15, 0.2) is 85.1 Å². The van der Waals surface area contributed by atoms with E-state index in [2.05, 4.69) is 106 Å². The van der Waals surface area contributed by atoms with Crippen molar-refractivity contribution in [2.24, 2.45) is 0 Å². The average molecular weight is 793 g/mol.